The Hall–Kier alpha value is -4.20. The van der Waals surface area contributed by atoms with Crippen LogP contribution in [-0.2, 0) is 13.5 Å². The summed E-state index contributed by atoms with van der Waals surface area (Å²) in [5.74, 6) is -0.139. The van der Waals surface area contributed by atoms with Gasteiger partial charge >= 0.3 is 6.61 Å². The van der Waals surface area contributed by atoms with Crippen LogP contribution in [0.25, 0.3) is 17.1 Å². The number of ether oxygens (including phenoxy) is 1. The van der Waals surface area contributed by atoms with Gasteiger partial charge < -0.3 is 4.74 Å². The summed E-state index contributed by atoms with van der Waals surface area (Å²) in [6, 6.07) is 9.14. The van der Waals surface area contributed by atoms with Gasteiger partial charge in [-0.25, -0.2) is 19.0 Å². The summed E-state index contributed by atoms with van der Waals surface area (Å²) in [5.41, 5.74) is 3.12. The van der Waals surface area contributed by atoms with Crippen LogP contribution >= 0.6 is 0 Å². The molecule has 0 aliphatic carbocycles. The fraction of sp³-hybridized carbons (Fsp3) is 0.227. The predicted molar refractivity (Wildman–Crippen MR) is 111 cm³/mol. The van der Waals surface area contributed by atoms with E-state index in [1.165, 1.54) is 40.0 Å². The number of aromatic nitrogens is 6. The van der Waals surface area contributed by atoms with Gasteiger partial charge in [0.05, 0.1) is 22.6 Å². The molecule has 3 aromatic heterocycles. The van der Waals surface area contributed by atoms with E-state index in [2.05, 4.69) is 26.2 Å². The molecule has 33 heavy (non-hydrogen) atoms. The number of nitriles is 1. The van der Waals surface area contributed by atoms with E-state index >= 15 is 0 Å². The zero-order valence-corrected chi connectivity index (χ0v) is 17.9. The molecule has 0 aliphatic heterocycles. The molecule has 8 nitrogen and oxygen atoms in total. The largest absolute Gasteiger partial charge is 0.430 e. The zero-order valence-electron chi connectivity index (χ0n) is 17.9. The van der Waals surface area contributed by atoms with Gasteiger partial charge in [-0.15, -0.1) is 0 Å². The molecule has 0 fully saturated rings. The molecule has 1 aromatic carbocycles. The van der Waals surface area contributed by atoms with Gasteiger partial charge in [0.1, 0.15) is 29.6 Å². The van der Waals surface area contributed by atoms with Crippen LogP contribution in [0.3, 0.4) is 0 Å². The molecular formula is C22H18F3N7O. The summed E-state index contributed by atoms with van der Waals surface area (Å²) in [6.45, 7) is 0.401. The molecule has 0 unspecified atom stereocenters. The first-order valence-corrected chi connectivity index (χ1v) is 9.82. The lowest BCUT2D eigenvalue weighted by Crippen LogP contribution is -2.07. The maximum Gasteiger partial charge on any atom is 0.387 e. The summed E-state index contributed by atoms with van der Waals surface area (Å²) >= 11 is 0. The Labute approximate surface area is 186 Å². The maximum absolute atomic E-state index is 13.3. The summed E-state index contributed by atoms with van der Waals surface area (Å²) < 4.78 is 47.6. The lowest BCUT2D eigenvalue weighted by Gasteiger charge is -2.09. The van der Waals surface area contributed by atoms with Crippen molar-refractivity contribution in [1.82, 2.24) is 29.5 Å². The van der Waals surface area contributed by atoms with Crippen LogP contribution in [0.15, 0.2) is 36.7 Å². The average Bonchev–Trinajstić information content (AvgIpc) is 3.23. The third-order valence-corrected chi connectivity index (χ3v) is 5.07. The number of hydrogen-bond acceptors (Lipinski definition) is 6. The van der Waals surface area contributed by atoms with E-state index in [9.17, 15) is 18.4 Å². The predicted octanol–water partition coefficient (Wildman–Crippen LogP) is 3.88. The fourth-order valence-corrected chi connectivity index (χ4v) is 3.61. The summed E-state index contributed by atoms with van der Waals surface area (Å²) in [5, 5.41) is 18.0. The minimum Gasteiger partial charge on any atom is -0.430 e. The molecule has 0 N–H and O–H groups in total. The Morgan fingerprint density at radius 3 is 2.48 bits per heavy atom. The molecule has 0 atom stereocenters. The maximum atomic E-state index is 13.3. The van der Waals surface area contributed by atoms with Gasteiger partial charge in [0.15, 0.2) is 11.6 Å². The fourth-order valence-electron chi connectivity index (χ4n) is 3.61. The van der Waals surface area contributed by atoms with Gasteiger partial charge in [0.25, 0.3) is 0 Å². The molecule has 0 saturated carbocycles. The normalized spacial score (nSPS) is 11.1. The molecular weight excluding hydrogens is 435 g/mol. The van der Waals surface area contributed by atoms with Crippen LogP contribution < -0.4 is 4.74 Å². The van der Waals surface area contributed by atoms with E-state index in [0.717, 1.165) is 0 Å². The second-order valence-electron chi connectivity index (χ2n) is 7.25. The van der Waals surface area contributed by atoms with Crippen molar-refractivity contribution in [3.05, 3.63) is 70.8 Å². The van der Waals surface area contributed by atoms with Crippen molar-refractivity contribution in [2.24, 2.45) is 7.05 Å². The molecule has 0 aliphatic rings. The highest BCUT2D eigenvalue weighted by atomic mass is 19.3. The second kappa shape index (κ2) is 8.74. The number of hydrogen-bond donors (Lipinski definition) is 0. The Morgan fingerprint density at radius 2 is 1.85 bits per heavy atom. The number of benzene rings is 1. The quantitative estimate of drug-likeness (QED) is 0.440. The van der Waals surface area contributed by atoms with Crippen molar-refractivity contribution >= 4 is 0 Å². The Morgan fingerprint density at radius 1 is 1.12 bits per heavy atom. The number of rotatable bonds is 6. The van der Waals surface area contributed by atoms with Crippen molar-refractivity contribution < 1.29 is 17.9 Å². The molecule has 0 saturated heterocycles. The summed E-state index contributed by atoms with van der Waals surface area (Å²) in [7, 11) is 1.59. The number of nitrogens with zero attached hydrogens (tertiary/aromatic N) is 7. The van der Waals surface area contributed by atoms with Crippen molar-refractivity contribution in [1.29, 1.82) is 5.26 Å². The highest BCUT2D eigenvalue weighted by Gasteiger charge is 2.23. The lowest BCUT2D eigenvalue weighted by molar-refractivity contribution is -0.0500. The van der Waals surface area contributed by atoms with Gasteiger partial charge in [-0.05, 0) is 38.1 Å². The van der Waals surface area contributed by atoms with E-state index in [4.69, 9.17) is 4.74 Å². The number of aryl methyl sites for hydroxylation is 2. The SMILES string of the molecule is Cc1nn(-c2cc(Cc3nn(C)c(-c4ccc(F)cc4)c3OC(F)F)ncn2)c(C)c1C#N. The first kappa shape index (κ1) is 22.0. The van der Waals surface area contributed by atoms with Gasteiger partial charge in [-0.1, -0.05) is 0 Å². The van der Waals surface area contributed by atoms with Crippen molar-refractivity contribution in [3.63, 3.8) is 0 Å². The van der Waals surface area contributed by atoms with E-state index in [1.807, 2.05) is 0 Å². The standard InChI is InChI=1S/C22H18F3N7O/c1-12-17(10-26)13(2)32(29-12)19-9-16(27-11-28-19)8-18-21(33-22(24)25)20(31(3)30-18)14-4-6-15(23)7-5-14/h4-7,9,11,22H,8H2,1-3H3. The van der Waals surface area contributed by atoms with Crippen molar-refractivity contribution in [3.8, 4) is 28.9 Å². The van der Waals surface area contributed by atoms with Crippen LogP contribution in [0, 0.1) is 31.0 Å². The van der Waals surface area contributed by atoms with Gasteiger partial charge in [-0.3, -0.25) is 4.68 Å². The van der Waals surface area contributed by atoms with Gasteiger partial charge in [0.2, 0.25) is 0 Å². The van der Waals surface area contributed by atoms with Crippen LogP contribution in [0.1, 0.15) is 28.3 Å². The smallest absolute Gasteiger partial charge is 0.387 e. The minimum atomic E-state index is -3.08. The van der Waals surface area contributed by atoms with Crippen LogP contribution in [0.4, 0.5) is 13.2 Å². The Kier molecular flexibility index (Phi) is 5.83. The Bertz CT molecular complexity index is 1350. The lowest BCUT2D eigenvalue weighted by atomic mass is 10.1. The van der Waals surface area contributed by atoms with E-state index < -0.39 is 12.4 Å². The summed E-state index contributed by atoms with van der Waals surface area (Å²) in [6.07, 6.45) is 1.39. The van der Waals surface area contributed by atoms with Crippen LogP contribution in [0.2, 0.25) is 0 Å². The highest BCUT2D eigenvalue weighted by molar-refractivity contribution is 5.68. The molecule has 168 valence electrons. The first-order valence-electron chi connectivity index (χ1n) is 9.82. The second-order valence-corrected chi connectivity index (χ2v) is 7.25. The summed E-state index contributed by atoms with van der Waals surface area (Å²) in [4.78, 5) is 8.44. The monoisotopic (exact) mass is 453 g/mol. The average molecular weight is 453 g/mol. The molecule has 0 amide bonds. The van der Waals surface area contributed by atoms with Crippen LogP contribution in [-0.4, -0.2) is 36.1 Å². The number of alkyl halides is 2. The van der Waals surface area contributed by atoms with Crippen molar-refractivity contribution in [2.75, 3.05) is 0 Å². The molecule has 0 spiro atoms. The van der Waals surface area contributed by atoms with E-state index in [-0.39, 0.29) is 23.6 Å². The first-order chi connectivity index (χ1) is 15.8. The minimum absolute atomic E-state index is 0.0665. The third kappa shape index (κ3) is 4.27. The van der Waals surface area contributed by atoms with E-state index in [1.54, 1.807) is 27.0 Å². The van der Waals surface area contributed by atoms with Crippen LogP contribution in [0.5, 0.6) is 5.75 Å². The topological polar surface area (TPSA) is 94.4 Å². The molecule has 3 heterocycles. The van der Waals surface area contributed by atoms with Crippen molar-refractivity contribution in [2.45, 2.75) is 26.9 Å². The number of halogens is 3. The molecule has 4 rings (SSSR count). The Balaban J connectivity index is 1.74. The van der Waals surface area contributed by atoms with E-state index in [0.29, 0.717) is 34.0 Å². The molecule has 0 bridgehead atoms. The zero-order chi connectivity index (χ0) is 23.7. The third-order valence-electron chi connectivity index (χ3n) is 5.07. The van der Waals surface area contributed by atoms with Gasteiger partial charge in [0, 0.05) is 25.1 Å². The molecule has 11 heteroatoms. The van der Waals surface area contributed by atoms with Gasteiger partial charge in [-0.2, -0.15) is 24.2 Å². The molecule has 4 aromatic rings. The molecule has 0 radical (unpaired) electrons. The highest BCUT2D eigenvalue weighted by Crippen LogP contribution is 2.35.